The van der Waals surface area contributed by atoms with Crippen molar-refractivity contribution in [3.63, 3.8) is 0 Å². The molecule has 0 aromatic heterocycles. The lowest BCUT2D eigenvalue weighted by atomic mass is 9.88. The van der Waals surface area contributed by atoms with Crippen molar-refractivity contribution < 1.29 is 14.7 Å². The van der Waals surface area contributed by atoms with Crippen LogP contribution in [0.2, 0.25) is 0 Å². The van der Waals surface area contributed by atoms with E-state index >= 15 is 0 Å². The van der Waals surface area contributed by atoms with Crippen molar-refractivity contribution in [3.05, 3.63) is 0 Å². The molecule has 2 rings (SSSR count). The van der Waals surface area contributed by atoms with Gasteiger partial charge in [-0.25, -0.2) is 4.79 Å². The van der Waals surface area contributed by atoms with Gasteiger partial charge in [0, 0.05) is 25.6 Å². The molecule has 1 aliphatic heterocycles. The van der Waals surface area contributed by atoms with E-state index in [4.69, 9.17) is 0 Å². The summed E-state index contributed by atoms with van der Waals surface area (Å²) >= 11 is 0. The molecule has 0 spiro atoms. The Morgan fingerprint density at radius 3 is 2.63 bits per heavy atom. The molecule has 108 valence electrons. The molecule has 0 aromatic rings. The molecule has 2 N–H and O–H groups in total. The van der Waals surface area contributed by atoms with Crippen molar-refractivity contribution >= 4 is 11.9 Å². The first kappa shape index (κ1) is 14.3. The molecule has 1 heterocycles. The Morgan fingerprint density at radius 1 is 1.32 bits per heavy atom. The molecule has 0 bridgehead atoms. The van der Waals surface area contributed by atoms with Gasteiger partial charge in [0.15, 0.2) is 0 Å². The van der Waals surface area contributed by atoms with Gasteiger partial charge in [-0.05, 0) is 31.6 Å². The highest BCUT2D eigenvalue weighted by Crippen LogP contribution is 2.26. The van der Waals surface area contributed by atoms with E-state index in [1.807, 2.05) is 0 Å². The van der Waals surface area contributed by atoms with Crippen molar-refractivity contribution in [1.29, 1.82) is 0 Å². The molecule has 1 aliphatic carbocycles. The molecule has 1 saturated carbocycles. The number of carbonyl (C=O) groups is 2. The predicted octanol–water partition coefficient (Wildman–Crippen LogP) is 1.23. The van der Waals surface area contributed by atoms with Crippen LogP contribution in [-0.4, -0.2) is 47.1 Å². The molecule has 5 heteroatoms. The summed E-state index contributed by atoms with van der Waals surface area (Å²) in [7, 11) is 0. The highest BCUT2D eigenvalue weighted by molar-refractivity contribution is 5.84. The third-order valence-electron chi connectivity index (χ3n) is 4.24. The topological polar surface area (TPSA) is 69.6 Å². The summed E-state index contributed by atoms with van der Waals surface area (Å²) in [6.45, 7) is 3.35. The average molecular weight is 268 g/mol. The molecule has 1 saturated heterocycles. The van der Waals surface area contributed by atoms with Gasteiger partial charge < -0.3 is 15.3 Å². The van der Waals surface area contributed by atoms with E-state index in [0.717, 1.165) is 12.8 Å². The van der Waals surface area contributed by atoms with Gasteiger partial charge in [-0.3, -0.25) is 4.79 Å². The van der Waals surface area contributed by atoms with Crippen LogP contribution in [0, 0.1) is 5.92 Å². The van der Waals surface area contributed by atoms with E-state index in [1.54, 1.807) is 4.90 Å². The van der Waals surface area contributed by atoms with E-state index in [0.29, 0.717) is 37.9 Å². The van der Waals surface area contributed by atoms with Gasteiger partial charge in [0.1, 0.15) is 6.04 Å². The van der Waals surface area contributed by atoms with E-state index < -0.39 is 12.0 Å². The second kappa shape index (κ2) is 6.37. The average Bonchev–Trinajstić information content (AvgIpc) is 3.21. The second-order valence-electron chi connectivity index (χ2n) is 5.72. The van der Waals surface area contributed by atoms with Crippen LogP contribution < -0.4 is 5.32 Å². The van der Waals surface area contributed by atoms with Crippen molar-refractivity contribution in [2.45, 2.75) is 57.5 Å². The van der Waals surface area contributed by atoms with Crippen LogP contribution >= 0.6 is 0 Å². The molecule has 5 nitrogen and oxygen atoms in total. The fourth-order valence-electron chi connectivity index (χ4n) is 2.76. The molecule has 19 heavy (non-hydrogen) atoms. The Morgan fingerprint density at radius 2 is 2.05 bits per heavy atom. The van der Waals surface area contributed by atoms with Gasteiger partial charge in [-0.2, -0.15) is 0 Å². The summed E-state index contributed by atoms with van der Waals surface area (Å²) in [5, 5.41) is 12.6. The normalized spacial score (nSPS) is 27.3. The second-order valence-corrected chi connectivity index (χ2v) is 5.72. The van der Waals surface area contributed by atoms with Gasteiger partial charge >= 0.3 is 5.97 Å². The number of piperidine rings is 1. The number of hydrogen-bond acceptors (Lipinski definition) is 3. The standard InChI is InChI=1S/C14H24N2O3/c1-2-10-6-8-16(12(9-10)14(18)19)13(17)5-7-15-11-3-4-11/h10-12,15H,2-9H2,1H3,(H,18,19). The van der Waals surface area contributed by atoms with E-state index in [9.17, 15) is 14.7 Å². The Hall–Kier alpha value is -1.10. The minimum absolute atomic E-state index is 0.0184. The number of aliphatic carboxylic acids is 1. The van der Waals surface area contributed by atoms with Crippen molar-refractivity contribution in [2.24, 2.45) is 5.92 Å². The summed E-state index contributed by atoms with van der Waals surface area (Å²) in [5.41, 5.74) is 0. The van der Waals surface area contributed by atoms with E-state index in [2.05, 4.69) is 12.2 Å². The van der Waals surface area contributed by atoms with Crippen molar-refractivity contribution in [2.75, 3.05) is 13.1 Å². The smallest absolute Gasteiger partial charge is 0.326 e. The maximum atomic E-state index is 12.1. The zero-order valence-electron chi connectivity index (χ0n) is 11.6. The first-order valence-electron chi connectivity index (χ1n) is 7.37. The van der Waals surface area contributed by atoms with Crippen LogP contribution in [-0.2, 0) is 9.59 Å². The Balaban J connectivity index is 1.84. The zero-order valence-corrected chi connectivity index (χ0v) is 11.6. The fraction of sp³-hybridized carbons (Fsp3) is 0.857. The van der Waals surface area contributed by atoms with Gasteiger partial charge in [-0.15, -0.1) is 0 Å². The van der Waals surface area contributed by atoms with Crippen molar-refractivity contribution in [3.8, 4) is 0 Å². The van der Waals surface area contributed by atoms with Crippen LogP contribution in [0.3, 0.4) is 0 Å². The van der Waals surface area contributed by atoms with Crippen molar-refractivity contribution in [1.82, 2.24) is 10.2 Å². The Labute approximate surface area is 114 Å². The number of carbonyl (C=O) groups excluding carboxylic acids is 1. The zero-order chi connectivity index (χ0) is 13.8. The number of carboxylic acid groups (broad SMARTS) is 1. The minimum atomic E-state index is -0.860. The SMILES string of the molecule is CCC1CCN(C(=O)CCNC2CC2)C(C(=O)O)C1. The molecular weight excluding hydrogens is 244 g/mol. The van der Waals surface area contributed by atoms with Gasteiger partial charge in [0.25, 0.3) is 0 Å². The molecule has 0 radical (unpaired) electrons. The fourth-order valence-corrected chi connectivity index (χ4v) is 2.76. The highest BCUT2D eigenvalue weighted by atomic mass is 16.4. The molecule has 2 fully saturated rings. The van der Waals surface area contributed by atoms with Crippen LogP contribution in [0.5, 0.6) is 0 Å². The van der Waals surface area contributed by atoms with Gasteiger partial charge in [-0.1, -0.05) is 13.3 Å². The number of amides is 1. The summed E-state index contributed by atoms with van der Waals surface area (Å²) in [5.74, 6) is -0.438. The number of rotatable bonds is 6. The third-order valence-corrected chi connectivity index (χ3v) is 4.24. The van der Waals surface area contributed by atoms with Crippen LogP contribution in [0.4, 0.5) is 0 Å². The third kappa shape index (κ3) is 3.93. The van der Waals surface area contributed by atoms with Crippen LogP contribution in [0.15, 0.2) is 0 Å². The number of nitrogens with one attached hydrogen (secondary N) is 1. The lowest BCUT2D eigenvalue weighted by Crippen LogP contribution is -2.50. The molecule has 1 amide bonds. The monoisotopic (exact) mass is 268 g/mol. The molecule has 2 unspecified atom stereocenters. The van der Waals surface area contributed by atoms with Crippen LogP contribution in [0.25, 0.3) is 0 Å². The summed E-state index contributed by atoms with van der Waals surface area (Å²) in [6.07, 6.45) is 5.35. The lowest BCUT2D eigenvalue weighted by Gasteiger charge is -2.37. The summed E-state index contributed by atoms with van der Waals surface area (Å²) < 4.78 is 0. The number of likely N-dealkylation sites (tertiary alicyclic amines) is 1. The molecule has 2 atom stereocenters. The summed E-state index contributed by atoms with van der Waals surface area (Å²) in [4.78, 5) is 25.0. The van der Waals surface area contributed by atoms with E-state index in [-0.39, 0.29) is 5.91 Å². The number of carboxylic acids is 1. The molecule has 2 aliphatic rings. The first-order chi connectivity index (χ1) is 9.11. The van der Waals surface area contributed by atoms with Gasteiger partial charge in [0.2, 0.25) is 5.91 Å². The number of hydrogen-bond donors (Lipinski definition) is 2. The van der Waals surface area contributed by atoms with Gasteiger partial charge in [0.05, 0.1) is 0 Å². The first-order valence-corrected chi connectivity index (χ1v) is 7.37. The predicted molar refractivity (Wildman–Crippen MR) is 71.8 cm³/mol. The minimum Gasteiger partial charge on any atom is -0.480 e. The Kier molecular flexibility index (Phi) is 4.80. The molecule has 0 aromatic carbocycles. The quantitative estimate of drug-likeness (QED) is 0.760. The highest BCUT2D eigenvalue weighted by Gasteiger charge is 2.35. The lowest BCUT2D eigenvalue weighted by molar-refractivity contribution is -0.153. The molecular formula is C14H24N2O3. The maximum absolute atomic E-state index is 12.1. The largest absolute Gasteiger partial charge is 0.480 e. The maximum Gasteiger partial charge on any atom is 0.326 e. The summed E-state index contributed by atoms with van der Waals surface area (Å²) in [6, 6.07) is -0.0268. The Bertz CT molecular complexity index is 342. The van der Waals surface area contributed by atoms with Crippen LogP contribution in [0.1, 0.15) is 45.4 Å². The number of nitrogens with zero attached hydrogens (tertiary/aromatic N) is 1. The van der Waals surface area contributed by atoms with E-state index in [1.165, 1.54) is 12.8 Å².